The van der Waals surface area contributed by atoms with E-state index in [9.17, 15) is 29.3 Å². The van der Waals surface area contributed by atoms with Crippen LogP contribution in [0, 0.1) is 10.1 Å². The lowest BCUT2D eigenvalue weighted by molar-refractivity contribution is -0.384. The number of anilines is 1. The number of hydrogen-bond donors (Lipinski definition) is 1. The van der Waals surface area contributed by atoms with E-state index in [1.165, 1.54) is 42.5 Å². The minimum Gasteiger partial charge on any atom is -0.489 e. The second kappa shape index (κ2) is 11.2. The Hall–Kier alpha value is -5.32. The van der Waals surface area contributed by atoms with Crippen molar-refractivity contribution in [3.8, 4) is 5.75 Å². The van der Waals surface area contributed by atoms with Crippen LogP contribution in [0.1, 0.15) is 28.4 Å². The lowest BCUT2D eigenvalue weighted by atomic mass is 10.1. The van der Waals surface area contributed by atoms with Crippen molar-refractivity contribution in [3.05, 3.63) is 105 Å². The lowest BCUT2D eigenvalue weighted by Crippen LogP contribution is -2.54. The van der Waals surface area contributed by atoms with E-state index in [-0.39, 0.29) is 35.7 Å². The van der Waals surface area contributed by atoms with Crippen LogP contribution in [0.2, 0.25) is 0 Å². The maximum atomic E-state index is 13.1. The molecular weight excluding hydrogens is 494 g/mol. The van der Waals surface area contributed by atoms with Gasteiger partial charge >= 0.3 is 12.0 Å². The maximum absolute atomic E-state index is 13.1. The van der Waals surface area contributed by atoms with E-state index in [1.807, 2.05) is 0 Å². The standard InChI is InChI=1S/C27H21N3O8/c1-2-37-26(33)19-8-10-20(11-9-19)29-25(32)23(24(31)28-27(29)34)15-17-6-12-22(13-7-17)38-16-18-4-3-5-21(14-18)30(35)36/h3-15H,2,16H2,1H3,(H,28,31,34)/b23-15+. The van der Waals surface area contributed by atoms with E-state index in [0.29, 0.717) is 16.9 Å². The van der Waals surface area contributed by atoms with Gasteiger partial charge in [-0.3, -0.25) is 25.0 Å². The van der Waals surface area contributed by atoms with E-state index in [1.54, 1.807) is 43.3 Å². The fraction of sp³-hybridized carbons (Fsp3) is 0.111. The number of nitrogens with one attached hydrogen (secondary N) is 1. The number of carbonyl (C=O) groups excluding carboxylic acids is 4. The number of carbonyl (C=O) groups is 4. The molecule has 4 rings (SSSR count). The van der Waals surface area contributed by atoms with Crippen molar-refractivity contribution in [2.75, 3.05) is 11.5 Å². The molecule has 3 aromatic rings. The predicted molar refractivity (Wildman–Crippen MR) is 135 cm³/mol. The normalized spacial score (nSPS) is 14.3. The molecule has 1 aliphatic rings. The number of benzene rings is 3. The average molecular weight is 515 g/mol. The molecule has 0 atom stereocenters. The summed E-state index contributed by atoms with van der Waals surface area (Å²) >= 11 is 0. The van der Waals surface area contributed by atoms with Crippen LogP contribution in [0.3, 0.4) is 0 Å². The Morgan fingerprint density at radius 1 is 1.03 bits per heavy atom. The second-order valence-corrected chi connectivity index (χ2v) is 8.01. The first-order valence-electron chi connectivity index (χ1n) is 11.4. The summed E-state index contributed by atoms with van der Waals surface area (Å²) in [5.74, 6) is -1.74. The van der Waals surface area contributed by atoms with Gasteiger partial charge in [0.25, 0.3) is 17.5 Å². The van der Waals surface area contributed by atoms with Gasteiger partial charge < -0.3 is 9.47 Å². The number of barbiturate groups is 1. The number of non-ortho nitro benzene ring substituents is 1. The first-order valence-corrected chi connectivity index (χ1v) is 11.4. The van der Waals surface area contributed by atoms with Crippen LogP contribution >= 0.6 is 0 Å². The number of hydrogen-bond acceptors (Lipinski definition) is 8. The summed E-state index contributed by atoms with van der Waals surface area (Å²) in [7, 11) is 0. The number of rotatable bonds is 8. The summed E-state index contributed by atoms with van der Waals surface area (Å²) in [5, 5.41) is 13.1. The summed E-state index contributed by atoms with van der Waals surface area (Å²) in [5.41, 5.74) is 1.24. The van der Waals surface area contributed by atoms with E-state index in [0.717, 1.165) is 4.90 Å². The highest BCUT2D eigenvalue weighted by atomic mass is 16.6. The molecular formula is C27H21N3O8. The number of ether oxygens (including phenoxy) is 2. The molecule has 192 valence electrons. The van der Waals surface area contributed by atoms with Crippen molar-refractivity contribution in [2.45, 2.75) is 13.5 Å². The summed E-state index contributed by atoms with van der Waals surface area (Å²) in [4.78, 5) is 61.1. The number of urea groups is 1. The molecule has 38 heavy (non-hydrogen) atoms. The van der Waals surface area contributed by atoms with Crippen LogP contribution in [0.15, 0.2) is 78.4 Å². The summed E-state index contributed by atoms with van der Waals surface area (Å²) in [6.45, 7) is 1.98. The van der Waals surface area contributed by atoms with Gasteiger partial charge in [0, 0.05) is 12.1 Å². The summed E-state index contributed by atoms with van der Waals surface area (Å²) in [6.07, 6.45) is 1.34. The molecule has 0 aromatic heterocycles. The minimum absolute atomic E-state index is 0.0361. The third-order valence-electron chi connectivity index (χ3n) is 5.46. The van der Waals surface area contributed by atoms with E-state index < -0.39 is 28.7 Å². The van der Waals surface area contributed by atoms with Gasteiger partial charge in [-0.2, -0.15) is 0 Å². The Morgan fingerprint density at radius 3 is 2.39 bits per heavy atom. The third-order valence-corrected chi connectivity index (χ3v) is 5.46. The molecule has 0 radical (unpaired) electrons. The zero-order valence-electron chi connectivity index (χ0n) is 20.1. The van der Waals surface area contributed by atoms with E-state index in [4.69, 9.17) is 9.47 Å². The number of nitrogens with zero attached hydrogens (tertiary/aromatic N) is 2. The molecule has 0 aliphatic carbocycles. The number of imide groups is 2. The van der Waals surface area contributed by atoms with Gasteiger partial charge in [-0.05, 0) is 60.5 Å². The van der Waals surface area contributed by atoms with E-state index in [2.05, 4.69) is 5.32 Å². The smallest absolute Gasteiger partial charge is 0.338 e. The Labute approximate surface area is 216 Å². The number of nitro groups is 1. The van der Waals surface area contributed by atoms with Crippen molar-refractivity contribution in [1.29, 1.82) is 0 Å². The monoisotopic (exact) mass is 515 g/mol. The third kappa shape index (κ3) is 5.73. The Kier molecular flexibility index (Phi) is 7.57. The second-order valence-electron chi connectivity index (χ2n) is 8.01. The highest BCUT2D eigenvalue weighted by Gasteiger charge is 2.36. The number of nitro benzene ring substituents is 1. The molecule has 0 bridgehead atoms. The van der Waals surface area contributed by atoms with Crippen LogP contribution in [0.25, 0.3) is 6.08 Å². The highest BCUT2D eigenvalue weighted by Crippen LogP contribution is 2.24. The minimum atomic E-state index is -0.911. The van der Waals surface area contributed by atoms with Crippen molar-refractivity contribution >= 4 is 41.3 Å². The highest BCUT2D eigenvalue weighted by molar-refractivity contribution is 6.39. The van der Waals surface area contributed by atoms with Crippen LogP contribution < -0.4 is 15.0 Å². The molecule has 0 spiro atoms. The van der Waals surface area contributed by atoms with Gasteiger partial charge in [0.1, 0.15) is 17.9 Å². The summed E-state index contributed by atoms with van der Waals surface area (Å²) < 4.78 is 10.6. The lowest BCUT2D eigenvalue weighted by Gasteiger charge is -2.26. The molecule has 1 saturated heterocycles. The van der Waals surface area contributed by atoms with Gasteiger partial charge in [0.2, 0.25) is 0 Å². The molecule has 4 amide bonds. The molecule has 3 aromatic carbocycles. The number of esters is 1. The summed E-state index contributed by atoms with van der Waals surface area (Å²) in [6, 6.07) is 17.3. The van der Waals surface area contributed by atoms with Crippen LogP contribution in [-0.2, 0) is 20.9 Å². The quantitative estimate of drug-likeness (QED) is 0.156. The maximum Gasteiger partial charge on any atom is 0.338 e. The van der Waals surface area contributed by atoms with Crippen molar-refractivity contribution < 1.29 is 33.6 Å². The average Bonchev–Trinajstić information content (AvgIpc) is 2.91. The fourth-order valence-corrected chi connectivity index (χ4v) is 3.61. The van der Waals surface area contributed by atoms with Crippen molar-refractivity contribution in [2.24, 2.45) is 0 Å². The zero-order valence-corrected chi connectivity index (χ0v) is 20.1. The van der Waals surface area contributed by atoms with Crippen LogP contribution in [0.4, 0.5) is 16.2 Å². The fourth-order valence-electron chi connectivity index (χ4n) is 3.61. The Balaban J connectivity index is 1.48. The van der Waals surface area contributed by atoms with Gasteiger partial charge in [-0.25, -0.2) is 14.5 Å². The SMILES string of the molecule is CCOC(=O)c1ccc(N2C(=O)NC(=O)/C(=C\c3ccc(OCc4cccc([N+](=O)[O-])c4)cc3)C2=O)cc1. The van der Waals surface area contributed by atoms with Gasteiger partial charge in [-0.15, -0.1) is 0 Å². The Morgan fingerprint density at radius 2 is 1.74 bits per heavy atom. The van der Waals surface area contributed by atoms with Crippen LogP contribution in [0.5, 0.6) is 5.75 Å². The molecule has 11 heteroatoms. The molecule has 1 aliphatic heterocycles. The van der Waals surface area contributed by atoms with Gasteiger partial charge in [0.05, 0.1) is 22.8 Å². The zero-order chi connectivity index (χ0) is 27.2. The largest absolute Gasteiger partial charge is 0.489 e. The molecule has 1 heterocycles. The van der Waals surface area contributed by atoms with Gasteiger partial charge in [0.15, 0.2) is 0 Å². The van der Waals surface area contributed by atoms with Crippen LogP contribution in [-0.4, -0.2) is 35.3 Å². The van der Waals surface area contributed by atoms with Crippen molar-refractivity contribution in [3.63, 3.8) is 0 Å². The number of amides is 4. The molecule has 0 saturated carbocycles. The predicted octanol–water partition coefficient (Wildman–Crippen LogP) is 4.02. The van der Waals surface area contributed by atoms with E-state index >= 15 is 0 Å². The first kappa shape index (κ1) is 25.8. The first-order chi connectivity index (χ1) is 18.3. The molecule has 11 nitrogen and oxygen atoms in total. The Bertz CT molecular complexity index is 1450. The van der Waals surface area contributed by atoms with Gasteiger partial charge in [-0.1, -0.05) is 24.3 Å². The molecule has 1 N–H and O–H groups in total. The topological polar surface area (TPSA) is 145 Å². The van der Waals surface area contributed by atoms with Crippen molar-refractivity contribution in [1.82, 2.24) is 5.32 Å². The molecule has 0 unspecified atom stereocenters. The molecule has 1 fully saturated rings.